The minimum atomic E-state index is -0.321. The van der Waals surface area contributed by atoms with Crippen molar-refractivity contribution in [1.82, 2.24) is 5.32 Å². The molecular formula is C14H22BrNO2. The first kappa shape index (κ1) is 15.5. The van der Waals surface area contributed by atoms with Crippen molar-refractivity contribution in [2.45, 2.75) is 39.8 Å². The Hall–Kier alpha value is -0.580. The van der Waals surface area contributed by atoms with E-state index in [-0.39, 0.29) is 6.10 Å². The van der Waals surface area contributed by atoms with Gasteiger partial charge in [0, 0.05) is 23.0 Å². The maximum Gasteiger partial charge on any atom is 0.126 e. The van der Waals surface area contributed by atoms with Gasteiger partial charge in [-0.1, -0.05) is 22.9 Å². The molecule has 1 atom stereocenters. The smallest absolute Gasteiger partial charge is 0.126 e. The van der Waals surface area contributed by atoms with Crippen molar-refractivity contribution in [2.24, 2.45) is 0 Å². The molecule has 0 heterocycles. The summed E-state index contributed by atoms with van der Waals surface area (Å²) in [6, 6.07) is 4.13. The monoisotopic (exact) mass is 315 g/mol. The normalized spacial score (nSPS) is 12.5. The Morgan fingerprint density at radius 1 is 1.44 bits per heavy atom. The van der Waals surface area contributed by atoms with Gasteiger partial charge in [-0.3, -0.25) is 0 Å². The highest BCUT2D eigenvalue weighted by Gasteiger charge is 2.09. The average Bonchev–Trinajstić information content (AvgIpc) is 2.28. The molecule has 0 fully saturated rings. The van der Waals surface area contributed by atoms with Crippen molar-refractivity contribution in [3.63, 3.8) is 0 Å². The predicted molar refractivity (Wildman–Crippen MR) is 78.1 cm³/mol. The van der Waals surface area contributed by atoms with Crippen LogP contribution in [0.3, 0.4) is 0 Å². The maximum atomic E-state index is 9.25. The second-order valence-corrected chi connectivity index (χ2v) is 5.39. The van der Waals surface area contributed by atoms with E-state index < -0.39 is 0 Å². The van der Waals surface area contributed by atoms with Crippen LogP contribution in [0, 0.1) is 6.92 Å². The number of aryl methyl sites for hydroxylation is 1. The van der Waals surface area contributed by atoms with E-state index in [0.717, 1.165) is 34.4 Å². The lowest BCUT2D eigenvalue weighted by Crippen LogP contribution is -2.14. The third-order valence-corrected chi connectivity index (χ3v) is 3.12. The molecule has 3 nitrogen and oxygen atoms in total. The summed E-state index contributed by atoms with van der Waals surface area (Å²) in [6.45, 7) is 8.16. The molecule has 0 spiro atoms. The molecule has 0 aliphatic carbocycles. The van der Waals surface area contributed by atoms with Gasteiger partial charge >= 0.3 is 0 Å². The van der Waals surface area contributed by atoms with Crippen molar-refractivity contribution in [1.29, 1.82) is 0 Å². The Morgan fingerprint density at radius 2 is 2.17 bits per heavy atom. The lowest BCUT2D eigenvalue weighted by Gasteiger charge is -2.16. The van der Waals surface area contributed by atoms with E-state index >= 15 is 0 Å². The molecular weight excluding hydrogens is 294 g/mol. The van der Waals surface area contributed by atoms with Gasteiger partial charge in [0.2, 0.25) is 0 Å². The quantitative estimate of drug-likeness (QED) is 0.812. The summed E-state index contributed by atoms with van der Waals surface area (Å²) < 4.78 is 6.88. The van der Waals surface area contributed by atoms with Crippen LogP contribution in [0.2, 0.25) is 0 Å². The topological polar surface area (TPSA) is 41.5 Å². The summed E-state index contributed by atoms with van der Waals surface area (Å²) in [6.07, 6.45) is 0.328. The van der Waals surface area contributed by atoms with E-state index in [2.05, 4.69) is 34.2 Å². The van der Waals surface area contributed by atoms with Crippen LogP contribution in [-0.4, -0.2) is 24.4 Å². The van der Waals surface area contributed by atoms with Crippen LogP contribution in [0.5, 0.6) is 5.75 Å². The van der Waals surface area contributed by atoms with E-state index in [9.17, 15) is 5.11 Å². The van der Waals surface area contributed by atoms with Gasteiger partial charge in [-0.15, -0.1) is 0 Å². The molecule has 0 radical (unpaired) electrons. The largest absolute Gasteiger partial charge is 0.493 e. The third-order valence-electron chi connectivity index (χ3n) is 2.66. The van der Waals surface area contributed by atoms with Crippen molar-refractivity contribution >= 4 is 15.9 Å². The number of rotatable bonds is 7. The second-order valence-electron chi connectivity index (χ2n) is 4.48. The molecule has 0 bridgehead atoms. The van der Waals surface area contributed by atoms with E-state index in [0.29, 0.717) is 13.0 Å². The molecule has 1 aromatic rings. The van der Waals surface area contributed by atoms with Gasteiger partial charge in [0.05, 0.1) is 12.7 Å². The first-order valence-electron chi connectivity index (χ1n) is 6.35. The summed E-state index contributed by atoms with van der Waals surface area (Å²) in [7, 11) is 0. The van der Waals surface area contributed by atoms with Crippen LogP contribution in [0.4, 0.5) is 0 Å². The van der Waals surface area contributed by atoms with Crippen molar-refractivity contribution in [2.75, 3.05) is 13.2 Å². The van der Waals surface area contributed by atoms with Gasteiger partial charge in [-0.25, -0.2) is 0 Å². The highest BCUT2D eigenvalue weighted by atomic mass is 79.9. The fraction of sp³-hybridized carbons (Fsp3) is 0.571. The minimum absolute atomic E-state index is 0.321. The van der Waals surface area contributed by atoms with E-state index in [1.807, 2.05) is 13.0 Å². The number of aliphatic hydroxyl groups excluding tert-OH is 1. The van der Waals surface area contributed by atoms with Crippen LogP contribution < -0.4 is 10.1 Å². The molecule has 0 aliphatic rings. The highest BCUT2D eigenvalue weighted by molar-refractivity contribution is 9.10. The van der Waals surface area contributed by atoms with E-state index in [1.165, 1.54) is 0 Å². The Balaban J connectivity index is 2.78. The molecule has 18 heavy (non-hydrogen) atoms. The van der Waals surface area contributed by atoms with Crippen molar-refractivity contribution in [3.8, 4) is 5.75 Å². The summed E-state index contributed by atoms with van der Waals surface area (Å²) >= 11 is 3.51. The Kier molecular flexibility index (Phi) is 6.68. The molecule has 0 saturated carbocycles. The minimum Gasteiger partial charge on any atom is -0.493 e. The summed E-state index contributed by atoms with van der Waals surface area (Å²) in [4.78, 5) is 0. The zero-order valence-corrected chi connectivity index (χ0v) is 12.9. The Morgan fingerprint density at radius 3 is 2.78 bits per heavy atom. The van der Waals surface area contributed by atoms with E-state index in [4.69, 9.17) is 4.74 Å². The molecule has 1 unspecified atom stereocenters. The van der Waals surface area contributed by atoms with Gasteiger partial charge in [-0.05, 0) is 38.1 Å². The van der Waals surface area contributed by atoms with Crippen LogP contribution in [0.1, 0.15) is 31.4 Å². The first-order chi connectivity index (χ1) is 8.54. The first-order valence-corrected chi connectivity index (χ1v) is 7.14. The number of hydrogen-bond donors (Lipinski definition) is 2. The molecule has 4 heteroatoms. The number of nitrogens with one attached hydrogen (secondary N) is 1. The SMILES string of the molecule is CCNCc1cc(Br)cc(C)c1OCCC(C)O. The van der Waals surface area contributed by atoms with Gasteiger partial charge < -0.3 is 15.2 Å². The van der Waals surface area contributed by atoms with Crippen molar-refractivity contribution < 1.29 is 9.84 Å². The summed E-state index contributed by atoms with van der Waals surface area (Å²) in [5.41, 5.74) is 2.26. The van der Waals surface area contributed by atoms with Crippen LogP contribution >= 0.6 is 15.9 Å². The van der Waals surface area contributed by atoms with Crippen molar-refractivity contribution in [3.05, 3.63) is 27.7 Å². The highest BCUT2D eigenvalue weighted by Crippen LogP contribution is 2.28. The molecule has 0 saturated heterocycles. The number of hydrogen-bond acceptors (Lipinski definition) is 3. The Bertz CT molecular complexity index is 380. The van der Waals surface area contributed by atoms with Gasteiger partial charge in [0.25, 0.3) is 0 Å². The number of ether oxygens (including phenoxy) is 1. The molecule has 1 rings (SSSR count). The fourth-order valence-electron chi connectivity index (χ4n) is 1.73. The van der Waals surface area contributed by atoms with Crippen LogP contribution in [0.25, 0.3) is 0 Å². The van der Waals surface area contributed by atoms with Crippen LogP contribution in [0.15, 0.2) is 16.6 Å². The number of aliphatic hydroxyl groups is 1. The van der Waals surface area contributed by atoms with Crippen LogP contribution in [-0.2, 0) is 6.54 Å². The predicted octanol–water partition coefficient (Wildman–Crippen LogP) is 3.02. The lowest BCUT2D eigenvalue weighted by molar-refractivity contribution is 0.155. The summed E-state index contributed by atoms with van der Waals surface area (Å²) in [5.74, 6) is 0.930. The third kappa shape index (κ3) is 4.96. The van der Waals surface area contributed by atoms with Gasteiger partial charge in [-0.2, -0.15) is 0 Å². The van der Waals surface area contributed by atoms with E-state index in [1.54, 1.807) is 6.92 Å². The number of halogens is 1. The Labute approximate surface area is 118 Å². The summed E-state index contributed by atoms with van der Waals surface area (Å²) in [5, 5.41) is 12.6. The maximum absolute atomic E-state index is 9.25. The second kappa shape index (κ2) is 7.77. The average molecular weight is 316 g/mol. The fourth-order valence-corrected chi connectivity index (χ4v) is 2.35. The molecule has 0 aliphatic heterocycles. The zero-order chi connectivity index (χ0) is 13.5. The van der Waals surface area contributed by atoms with Gasteiger partial charge in [0.15, 0.2) is 0 Å². The zero-order valence-electron chi connectivity index (χ0n) is 11.3. The molecule has 1 aromatic carbocycles. The number of benzene rings is 1. The molecule has 102 valence electrons. The molecule has 2 N–H and O–H groups in total. The standard InChI is InChI=1S/C14H22BrNO2/c1-4-16-9-12-8-13(15)7-10(2)14(12)18-6-5-11(3)17/h7-8,11,16-17H,4-6,9H2,1-3H3. The molecule has 0 aromatic heterocycles. The molecule has 0 amide bonds. The van der Waals surface area contributed by atoms with Gasteiger partial charge in [0.1, 0.15) is 5.75 Å². The lowest BCUT2D eigenvalue weighted by atomic mass is 10.1.